The van der Waals surface area contributed by atoms with Gasteiger partial charge in [-0.05, 0) is 37.6 Å². The molecule has 0 saturated heterocycles. The lowest BCUT2D eigenvalue weighted by Crippen LogP contribution is -2.08. The molecule has 0 aliphatic heterocycles. The summed E-state index contributed by atoms with van der Waals surface area (Å²) in [5, 5.41) is 4.35. The molecule has 0 radical (unpaired) electrons. The van der Waals surface area contributed by atoms with Gasteiger partial charge >= 0.3 is 0 Å². The van der Waals surface area contributed by atoms with Crippen LogP contribution < -0.4 is 10.5 Å². The monoisotopic (exact) mass is 259 g/mol. The first kappa shape index (κ1) is 13.6. The molecule has 4 nitrogen and oxygen atoms in total. The lowest BCUT2D eigenvalue weighted by atomic mass is 9.98. The summed E-state index contributed by atoms with van der Waals surface area (Å²) >= 11 is 0. The SMILES string of the molecule is COc1c(C)cc(C)cc1-c1cnn(C)c1CCN. The van der Waals surface area contributed by atoms with Gasteiger partial charge in [0, 0.05) is 30.3 Å². The average molecular weight is 259 g/mol. The summed E-state index contributed by atoms with van der Waals surface area (Å²) in [4.78, 5) is 0. The van der Waals surface area contributed by atoms with Crippen molar-refractivity contribution in [3.8, 4) is 16.9 Å². The molecule has 0 spiro atoms. The highest BCUT2D eigenvalue weighted by molar-refractivity contribution is 5.74. The number of methoxy groups -OCH3 is 1. The minimum absolute atomic E-state index is 0.611. The van der Waals surface area contributed by atoms with Gasteiger partial charge in [0.1, 0.15) is 5.75 Å². The van der Waals surface area contributed by atoms with Gasteiger partial charge in [-0.2, -0.15) is 5.10 Å². The van der Waals surface area contributed by atoms with Crippen LogP contribution in [0.25, 0.3) is 11.1 Å². The van der Waals surface area contributed by atoms with Gasteiger partial charge in [-0.15, -0.1) is 0 Å². The molecule has 2 aromatic rings. The predicted molar refractivity (Wildman–Crippen MR) is 77.4 cm³/mol. The molecule has 0 aliphatic rings. The van der Waals surface area contributed by atoms with E-state index in [4.69, 9.17) is 10.5 Å². The third-order valence-corrected chi connectivity index (χ3v) is 3.36. The predicted octanol–water partition coefficient (Wildman–Crippen LogP) is 2.21. The number of rotatable bonds is 4. The van der Waals surface area contributed by atoms with Crippen molar-refractivity contribution >= 4 is 0 Å². The van der Waals surface area contributed by atoms with Crippen molar-refractivity contribution in [2.24, 2.45) is 12.8 Å². The first-order chi connectivity index (χ1) is 9.08. The van der Waals surface area contributed by atoms with E-state index >= 15 is 0 Å². The van der Waals surface area contributed by atoms with Crippen molar-refractivity contribution in [1.29, 1.82) is 0 Å². The van der Waals surface area contributed by atoms with E-state index in [1.165, 1.54) is 5.56 Å². The minimum atomic E-state index is 0.611. The van der Waals surface area contributed by atoms with Gasteiger partial charge in [0.05, 0.1) is 13.3 Å². The highest BCUT2D eigenvalue weighted by atomic mass is 16.5. The van der Waals surface area contributed by atoms with Gasteiger partial charge in [0.15, 0.2) is 0 Å². The number of hydrogen-bond donors (Lipinski definition) is 1. The van der Waals surface area contributed by atoms with E-state index in [-0.39, 0.29) is 0 Å². The molecule has 0 fully saturated rings. The first-order valence-electron chi connectivity index (χ1n) is 6.45. The van der Waals surface area contributed by atoms with Crippen LogP contribution in [0.4, 0.5) is 0 Å². The molecule has 0 atom stereocenters. The maximum atomic E-state index is 5.69. The summed E-state index contributed by atoms with van der Waals surface area (Å²) in [5.41, 5.74) is 11.4. The molecule has 1 aromatic heterocycles. The lowest BCUT2D eigenvalue weighted by Gasteiger charge is -2.13. The zero-order chi connectivity index (χ0) is 14.0. The smallest absolute Gasteiger partial charge is 0.129 e. The Hall–Kier alpha value is -1.81. The second-order valence-corrected chi connectivity index (χ2v) is 4.83. The Bertz CT molecular complexity index is 587. The number of benzene rings is 1. The highest BCUT2D eigenvalue weighted by Gasteiger charge is 2.16. The fraction of sp³-hybridized carbons (Fsp3) is 0.400. The van der Waals surface area contributed by atoms with Crippen LogP contribution >= 0.6 is 0 Å². The van der Waals surface area contributed by atoms with Crippen LogP contribution in [0, 0.1) is 13.8 Å². The Balaban J connectivity index is 2.64. The second-order valence-electron chi connectivity index (χ2n) is 4.83. The molecule has 0 aliphatic carbocycles. The maximum absolute atomic E-state index is 5.69. The highest BCUT2D eigenvalue weighted by Crippen LogP contribution is 2.35. The largest absolute Gasteiger partial charge is 0.496 e. The Morgan fingerprint density at radius 3 is 2.63 bits per heavy atom. The second kappa shape index (κ2) is 5.45. The van der Waals surface area contributed by atoms with Crippen LogP contribution in [0.1, 0.15) is 16.8 Å². The molecule has 1 heterocycles. The fourth-order valence-corrected chi connectivity index (χ4v) is 2.55. The fourth-order valence-electron chi connectivity index (χ4n) is 2.55. The molecule has 0 unspecified atom stereocenters. The van der Waals surface area contributed by atoms with E-state index in [1.54, 1.807) is 7.11 Å². The molecular formula is C15H21N3O. The summed E-state index contributed by atoms with van der Waals surface area (Å²) in [7, 11) is 3.66. The molecule has 102 valence electrons. The molecule has 0 saturated carbocycles. The molecule has 1 aromatic carbocycles. The zero-order valence-corrected chi connectivity index (χ0v) is 12.0. The normalized spacial score (nSPS) is 10.8. The van der Waals surface area contributed by atoms with E-state index in [9.17, 15) is 0 Å². The van der Waals surface area contributed by atoms with Gasteiger partial charge < -0.3 is 10.5 Å². The summed E-state index contributed by atoms with van der Waals surface area (Å²) in [5.74, 6) is 0.914. The van der Waals surface area contributed by atoms with Gasteiger partial charge in [0.25, 0.3) is 0 Å². The summed E-state index contributed by atoms with van der Waals surface area (Å²) < 4.78 is 7.45. The Morgan fingerprint density at radius 1 is 1.26 bits per heavy atom. The number of aryl methyl sites for hydroxylation is 3. The molecule has 4 heteroatoms. The third-order valence-electron chi connectivity index (χ3n) is 3.36. The zero-order valence-electron chi connectivity index (χ0n) is 12.0. The standard InChI is InChI=1S/C15H21N3O/c1-10-7-11(2)15(19-4)12(8-10)13-9-17-18(3)14(13)5-6-16/h7-9H,5-6,16H2,1-4H3. The molecule has 0 amide bonds. The topological polar surface area (TPSA) is 53.1 Å². The molecule has 2 N–H and O–H groups in total. The average Bonchev–Trinajstić information content (AvgIpc) is 2.71. The van der Waals surface area contributed by atoms with E-state index in [0.717, 1.165) is 34.6 Å². The Morgan fingerprint density at radius 2 is 2.00 bits per heavy atom. The van der Waals surface area contributed by atoms with Crippen molar-refractivity contribution in [2.75, 3.05) is 13.7 Å². The van der Waals surface area contributed by atoms with E-state index in [0.29, 0.717) is 6.54 Å². The first-order valence-corrected chi connectivity index (χ1v) is 6.45. The summed E-state index contributed by atoms with van der Waals surface area (Å²) in [6, 6.07) is 4.27. The van der Waals surface area contributed by atoms with E-state index < -0.39 is 0 Å². The van der Waals surface area contributed by atoms with Gasteiger partial charge in [0.2, 0.25) is 0 Å². The Labute approximate surface area is 114 Å². The van der Waals surface area contributed by atoms with Crippen molar-refractivity contribution in [1.82, 2.24) is 9.78 Å². The quantitative estimate of drug-likeness (QED) is 0.916. The van der Waals surface area contributed by atoms with Crippen LogP contribution in [0.5, 0.6) is 5.75 Å². The third kappa shape index (κ3) is 2.49. The van der Waals surface area contributed by atoms with Crippen molar-refractivity contribution in [3.63, 3.8) is 0 Å². The number of ether oxygens (including phenoxy) is 1. The number of hydrogen-bond acceptors (Lipinski definition) is 3. The Kier molecular flexibility index (Phi) is 3.90. The van der Waals surface area contributed by atoms with E-state index in [2.05, 4.69) is 31.1 Å². The van der Waals surface area contributed by atoms with Gasteiger partial charge in [-0.3, -0.25) is 4.68 Å². The number of nitrogens with zero attached hydrogens (tertiary/aromatic N) is 2. The lowest BCUT2D eigenvalue weighted by molar-refractivity contribution is 0.413. The van der Waals surface area contributed by atoms with Crippen molar-refractivity contribution in [3.05, 3.63) is 35.2 Å². The molecule has 2 rings (SSSR count). The number of aromatic nitrogens is 2. The number of nitrogens with two attached hydrogens (primary N) is 1. The maximum Gasteiger partial charge on any atom is 0.129 e. The summed E-state index contributed by atoms with van der Waals surface area (Å²) in [6.45, 7) is 4.77. The van der Waals surface area contributed by atoms with E-state index in [1.807, 2.05) is 17.9 Å². The van der Waals surface area contributed by atoms with Crippen molar-refractivity contribution in [2.45, 2.75) is 20.3 Å². The molecule has 19 heavy (non-hydrogen) atoms. The molecular weight excluding hydrogens is 238 g/mol. The van der Waals surface area contributed by atoms with Crippen LogP contribution in [0.15, 0.2) is 18.3 Å². The van der Waals surface area contributed by atoms with Crippen molar-refractivity contribution < 1.29 is 4.74 Å². The van der Waals surface area contributed by atoms with Crippen LogP contribution in [0.3, 0.4) is 0 Å². The van der Waals surface area contributed by atoms with Gasteiger partial charge in [-0.25, -0.2) is 0 Å². The van der Waals surface area contributed by atoms with Crippen LogP contribution in [-0.4, -0.2) is 23.4 Å². The summed E-state index contributed by atoms with van der Waals surface area (Å²) in [6.07, 6.45) is 2.70. The van der Waals surface area contributed by atoms with Crippen LogP contribution in [-0.2, 0) is 13.5 Å². The van der Waals surface area contributed by atoms with Crippen LogP contribution in [0.2, 0.25) is 0 Å². The van der Waals surface area contributed by atoms with Gasteiger partial charge in [-0.1, -0.05) is 6.07 Å². The minimum Gasteiger partial charge on any atom is -0.496 e. The molecule has 0 bridgehead atoms.